The molecule has 2 aromatic carbocycles. The van der Waals surface area contributed by atoms with Gasteiger partial charge in [-0.3, -0.25) is 9.59 Å². The average Bonchev–Trinajstić information content (AvgIpc) is 3.22. The number of para-hydroxylation sites is 1. The third-order valence-electron chi connectivity index (χ3n) is 4.27. The van der Waals surface area contributed by atoms with Gasteiger partial charge in [-0.15, -0.1) is 11.8 Å². The highest BCUT2D eigenvalue weighted by Crippen LogP contribution is 2.36. The van der Waals surface area contributed by atoms with Crippen molar-refractivity contribution in [3.63, 3.8) is 0 Å². The first-order chi connectivity index (χ1) is 13.2. The molecule has 7 heteroatoms. The molecule has 1 unspecified atom stereocenters. The maximum absolute atomic E-state index is 12.3. The van der Waals surface area contributed by atoms with Crippen LogP contribution < -0.4 is 10.6 Å². The van der Waals surface area contributed by atoms with Crippen LogP contribution in [-0.2, 0) is 16.1 Å². The number of aromatic nitrogens is 2. The van der Waals surface area contributed by atoms with Gasteiger partial charge in [0, 0.05) is 30.3 Å². The molecule has 0 aliphatic carbocycles. The van der Waals surface area contributed by atoms with Gasteiger partial charge in [-0.05, 0) is 35.9 Å². The predicted molar refractivity (Wildman–Crippen MR) is 105 cm³/mol. The third-order valence-corrected chi connectivity index (χ3v) is 5.55. The van der Waals surface area contributed by atoms with Crippen LogP contribution in [0.4, 0.5) is 5.69 Å². The van der Waals surface area contributed by atoms with E-state index in [-0.39, 0.29) is 18.2 Å². The first-order valence-electron chi connectivity index (χ1n) is 8.61. The summed E-state index contributed by atoms with van der Waals surface area (Å²) in [6.07, 6.45) is 3.75. The van der Waals surface area contributed by atoms with Gasteiger partial charge in [0.15, 0.2) is 0 Å². The van der Waals surface area contributed by atoms with Crippen molar-refractivity contribution in [1.29, 1.82) is 0 Å². The topological polar surface area (TPSA) is 76.0 Å². The lowest BCUT2D eigenvalue weighted by Crippen LogP contribution is -2.34. The number of hydrogen-bond acceptors (Lipinski definition) is 4. The second-order valence-electron chi connectivity index (χ2n) is 6.19. The molecule has 2 heterocycles. The Kier molecular flexibility index (Phi) is 4.93. The lowest BCUT2D eigenvalue weighted by molar-refractivity contribution is -0.124. The fourth-order valence-electron chi connectivity index (χ4n) is 2.86. The molecule has 0 fully saturated rings. The van der Waals surface area contributed by atoms with Crippen molar-refractivity contribution in [3.8, 4) is 5.69 Å². The standard InChI is InChI=1S/C20H18N4O2S/c25-19(12-18-20(26)23-16-4-1-2-5-17(16)27-18)21-13-14-6-8-15(9-7-14)24-11-3-10-22-24/h1-11,18H,12-13H2,(H,21,25)(H,23,26). The molecule has 4 rings (SSSR count). The fraction of sp³-hybridized carbons (Fsp3) is 0.150. The van der Waals surface area contributed by atoms with E-state index < -0.39 is 5.25 Å². The Hall–Kier alpha value is -3.06. The summed E-state index contributed by atoms with van der Waals surface area (Å²) in [7, 11) is 0. The van der Waals surface area contributed by atoms with E-state index in [9.17, 15) is 9.59 Å². The molecule has 0 spiro atoms. The molecule has 1 atom stereocenters. The minimum Gasteiger partial charge on any atom is -0.352 e. The van der Waals surface area contributed by atoms with Gasteiger partial charge < -0.3 is 10.6 Å². The van der Waals surface area contributed by atoms with Crippen LogP contribution >= 0.6 is 11.8 Å². The first-order valence-corrected chi connectivity index (χ1v) is 9.49. The number of hydrogen-bond donors (Lipinski definition) is 2. The molecule has 27 heavy (non-hydrogen) atoms. The Labute approximate surface area is 161 Å². The van der Waals surface area contributed by atoms with Crippen LogP contribution in [0, 0.1) is 0 Å². The molecule has 1 aromatic heterocycles. The molecule has 6 nitrogen and oxygen atoms in total. The zero-order valence-electron chi connectivity index (χ0n) is 14.5. The minimum absolute atomic E-state index is 0.127. The van der Waals surface area contributed by atoms with E-state index in [1.165, 1.54) is 11.8 Å². The molecule has 0 saturated carbocycles. The van der Waals surface area contributed by atoms with Crippen molar-refractivity contribution < 1.29 is 9.59 Å². The lowest BCUT2D eigenvalue weighted by Gasteiger charge is -2.23. The van der Waals surface area contributed by atoms with Crippen molar-refractivity contribution in [2.45, 2.75) is 23.1 Å². The van der Waals surface area contributed by atoms with E-state index in [0.29, 0.717) is 6.54 Å². The number of fused-ring (bicyclic) bond motifs is 1. The van der Waals surface area contributed by atoms with E-state index in [1.54, 1.807) is 10.9 Å². The Balaban J connectivity index is 1.32. The van der Waals surface area contributed by atoms with Gasteiger partial charge >= 0.3 is 0 Å². The lowest BCUT2D eigenvalue weighted by atomic mass is 10.2. The molecule has 0 saturated heterocycles. The van der Waals surface area contributed by atoms with Gasteiger partial charge in [0.1, 0.15) is 0 Å². The molecular weight excluding hydrogens is 360 g/mol. The quantitative estimate of drug-likeness (QED) is 0.716. The van der Waals surface area contributed by atoms with Gasteiger partial charge in [0.2, 0.25) is 11.8 Å². The van der Waals surface area contributed by atoms with Gasteiger partial charge in [-0.2, -0.15) is 5.10 Å². The summed E-state index contributed by atoms with van der Waals surface area (Å²) in [6.45, 7) is 0.424. The van der Waals surface area contributed by atoms with E-state index in [2.05, 4.69) is 15.7 Å². The summed E-state index contributed by atoms with van der Waals surface area (Å²) in [5.41, 5.74) is 2.76. The van der Waals surface area contributed by atoms with Crippen molar-refractivity contribution in [1.82, 2.24) is 15.1 Å². The number of carbonyl (C=O) groups excluding carboxylic acids is 2. The van der Waals surface area contributed by atoms with E-state index >= 15 is 0 Å². The third kappa shape index (κ3) is 4.03. The molecule has 0 bridgehead atoms. The van der Waals surface area contributed by atoms with Gasteiger partial charge in [0.25, 0.3) is 0 Å². The van der Waals surface area contributed by atoms with E-state index in [1.807, 2.05) is 60.8 Å². The van der Waals surface area contributed by atoms with Gasteiger partial charge in [-0.25, -0.2) is 4.68 Å². The maximum Gasteiger partial charge on any atom is 0.238 e. The van der Waals surface area contributed by atoms with Crippen molar-refractivity contribution in [2.75, 3.05) is 5.32 Å². The van der Waals surface area contributed by atoms with Crippen molar-refractivity contribution >= 4 is 29.3 Å². The molecule has 1 aliphatic heterocycles. The second-order valence-corrected chi connectivity index (χ2v) is 7.43. The smallest absolute Gasteiger partial charge is 0.238 e. The van der Waals surface area contributed by atoms with Crippen LogP contribution in [0.1, 0.15) is 12.0 Å². The molecule has 0 radical (unpaired) electrons. The highest BCUT2D eigenvalue weighted by Gasteiger charge is 2.28. The molecular formula is C20H18N4O2S. The number of thioether (sulfide) groups is 1. The zero-order chi connectivity index (χ0) is 18.6. The summed E-state index contributed by atoms with van der Waals surface area (Å²) in [5.74, 6) is -0.268. The van der Waals surface area contributed by atoms with Crippen molar-refractivity contribution in [3.05, 3.63) is 72.6 Å². The molecule has 136 valence electrons. The predicted octanol–water partition coefficient (Wildman–Crippen LogP) is 2.99. The molecule has 1 aliphatic rings. The molecule has 2 N–H and O–H groups in total. The SMILES string of the molecule is O=C(CC1Sc2ccccc2NC1=O)NCc1ccc(-n2cccn2)cc1. The Morgan fingerprint density at radius 2 is 1.96 bits per heavy atom. The monoisotopic (exact) mass is 378 g/mol. The number of anilines is 1. The zero-order valence-corrected chi connectivity index (χ0v) is 15.3. The Bertz CT molecular complexity index is 954. The summed E-state index contributed by atoms with van der Waals surface area (Å²) in [6, 6.07) is 17.3. The van der Waals surface area contributed by atoms with Crippen LogP contribution in [0.15, 0.2) is 71.9 Å². The maximum atomic E-state index is 12.3. The minimum atomic E-state index is -0.415. The molecule has 2 amide bonds. The van der Waals surface area contributed by atoms with Crippen LogP contribution in [0.3, 0.4) is 0 Å². The Morgan fingerprint density at radius 1 is 1.15 bits per heavy atom. The summed E-state index contributed by atoms with van der Waals surface area (Å²) in [5, 5.41) is 9.52. The van der Waals surface area contributed by atoms with E-state index in [4.69, 9.17) is 0 Å². The average molecular weight is 378 g/mol. The number of nitrogens with one attached hydrogen (secondary N) is 2. The number of benzene rings is 2. The van der Waals surface area contributed by atoms with E-state index in [0.717, 1.165) is 21.8 Å². The normalized spacial score (nSPS) is 15.7. The van der Waals surface area contributed by atoms with Crippen LogP contribution in [0.2, 0.25) is 0 Å². The van der Waals surface area contributed by atoms with Crippen LogP contribution in [0.5, 0.6) is 0 Å². The summed E-state index contributed by atoms with van der Waals surface area (Å²) < 4.78 is 1.78. The van der Waals surface area contributed by atoms with Gasteiger partial charge in [0.05, 0.1) is 16.6 Å². The summed E-state index contributed by atoms with van der Waals surface area (Å²) >= 11 is 1.43. The van der Waals surface area contributed by atoms with Crippen LogP contribution in [0.25, 0.3) is 5.69 Å². The van der Waals surface area contributed by atoms with Gasteiger partial charge in [-0.1, -0.05) is 24.3 Å². The number of nitrogens with zero attached hydrogens (tertiary/aromatic N) is 2. The fourth-order valence-corrected chi connectivity index (χ4v) is 3.97. The highest BCUT2D eigenvalue weighted by molar-refractivity contribution is 8.01. The Morgan fingerprint density at radius 3 is 2.74 bits per heavy atom. The largest absolute Gasteiger partial charge is 0.352 e. The highest BCUT2D eigenvalue weighted by atomic mass is 32.2. The number of carbonyl (C=O) groups is 2. The number of rotatable bonds is 5. The first kappa shape index (κ1) is 17.4. The van der Waals surface area contributed by atoms with Crippen LogP contribution in [-0.4, -0.2) is 26.8 Å². The second kappa shape index (κ2) is 7.67. The summed E-state index contributed by atoms with van der Waals surface area (Å²) in [4.78, 5) is 25.5. The van der Waals surface area contributed by atoms with Crippen molar-refractivity contribution in [2.24, 2.45) is 0 Å². The molecule has 3 aromatic rings. The number of amides is 2.